The topological polar surface area (TPSA) is 64.1 Å². The molecule has 0 aromatic heterocycles. The molecule has 96 valence electrons. The summed E-state index contributed by atoms with van der Waals surface area (Å²) in [4.78, 5) is 0. The van der Waals surface area contributed by atoms with Gasteiger partial charge in [-0.3, -0.25) is 0 Å². The van der Waals surface area contributed by atoms with Crippen LogP contribution >= 0.6 is 0 Å². The van der Waals surface area contributed by atoms with Crippen molar-refractivity contribution in [3.8, 4) is 0 Å². The summed E-state index contributed by atoms with van der Waals surface area (Å²) in [5.74, 6) is 0. The summed E-state index contributed by atoms with van der Waals surface area (Å²) in [5.41, 5.74) is 13.8. The molecule has 0 saturated carbocycles. The van der Waals surface area contributed by atoms with Crippen LogP contribution in [0.3, 0.4) is 0 Å². The Balaban J connectivity index is 2.34. The highest BCUT2D eigenvalue weighted by molar-refractivity contribution is 5.69. The SMILES string of the molecule is CCCCCCC(C)Nc1ccc(N)c(N)c1. The van der Waals surface area contributed by atoms with Gasteiger partial charge in [-0.1, -0.05) is 32.6 Å². The summed E-state index contributed by atoms with van der Waals surface area (Å²) < 4.78 is 0. The smallest absolute Gasteiger partial charge is 0.0568 e. The van der Waals surface area contributed by atoms with Crippen molar-refractivity contribution in [2.45, 2.75) is 52.0 Å². The van der Waals surface area contributed by atoms with E-state index in [0.29, 0.717) is 17.4 Å². The summed E-state index contributed by atoms with van der Waals surface area (Å²) in [7, 11) is 0. The average molecular weight is 235 g/mol. The first-order valence-corrected chi connectivity index (χ1v) is 6.55. The molecule has 0 fully saturated rings. The van der Waals surface area contributed by atoms with E-state index in [-0.39, 0.29) is 0 Å². The fraction of sp³-hybridized carbons (Fsp3) is 0.571. The van der Waals surface area contributed by atoms with E-state index in [1.807, 2.05) is 18.2 Å². The number of unbranched alkanes of at least 4 members (excludes halogenated alkanes) is 3. The van der Waals surface area contributed by atoms with Crippen LogP contribution in [0, 0.1) is 0 Å². The highest BCUT2D eigenvalue weighted by atomic mass is 14.9. The Hall–Kier alpha value is -1.38. The van der Waals surface area contributed by atoms with Crippen molar-refractivity contribution in [3.05, 3.63) is 18.2 Å². The number of anilines is 3. The number of benzene rings is 1. The Kier molecular flexibility index (Phi) is 5.67. The van der Waals surface area contributed by atoms with Crippen LogP contribution in [0.25, 0.3) is 0 Å². The predicted molar refractivity (Wildman–Crippen MR) is 77.1 cm³/mol. The van der Waals surface area contributed by atoms with E-state index in [1.165, 1.54) is 32.1 Å². The summed E-state index contributed by atoms with van der Waals surface area (Å²) in [6.45, 7) is 4.44. The van der Waals surface area contributed by atoms with Crippen LogP contribution in [0.5, 0.6) is 0 Å². The van der Waals surface area contributed by atoms with Crippen LogP contribution in [-0.2, 0) is 0 Å². The number of hydrogen-bond donors (Lipinski definition) is 3. The third-order valence-corrected chi connectivity index (χ3v) is 2.99. The lowest BCUT2D eigenvalue weighted by Gasteiger charge is -2.16. The number of nitrogens with one attached hydrogen (secondary N) is 1. The van der Waals surface area contributed by atoms with Crippen LogP contribution < -0.4 is 16.8 Å². The molecule has 1 aromatic rings. The van der Waals surface area contributed by atoms with Gasteiger partial charge < -0.3 is 16.8 Å². The molecule has 17 heavy (non-hydrogen) atoms. The average Bonchev–Trinajstić information content (AvgIpc) is 2.30. The molecule has 0 radical (unpaired) electrons. The lowest BCUT2D eigenvalue weighted by molar-refractivity contribution is 0.594. The zero-order valence-corrected chi connectivity index (χ0v) is 11.0. The Bertz CT molecular complexity index is 336. The van der Waals surface area contributed by atoms with Gasteiger partial charge in [-0.05, 0) is 31.5 Å². The van der Waals surface area contributed by atoms with Crippen LogP contribution in [0.15, 0.2) is 18.2 Å². The predicted octanol–water partition coefficient (Wildman–Crippen LogP) is 3.62. The van der Waals surface area contributed by atoms with Crippen LogP contribution in [0.1, 0.15) is 46.0 Å². The minimum Gasteiger partial charge on any atom is -0.397 e. The van der Waals surface area contributed by atoms with Gasteiger partial charge in [-0.15, -0.1) is 0 Å². The molecular formula is C14H25N3. The van der Waals surface area contributed by atoms with Crippen LogP contribution in [-0.4, -0.2) is 6.04 Å². The van der Waals surface area contributed by atoms with Crippen LogP contribution in [0.4, 0.5) is 17.1 Å². The third kappa shape index (κ3) is 4.98. The molecule has 0 amide bonds. The van der Waals surface area contributed by atoms with E-state index in [1.54, 1.807) is 0 Å². The summed E-state index contributed by atoms with van der Waals surface area (Å²) in [5, 5.41) is 3.45. The molecule has 0 aliphatic carbocycles. The molecule has 0 heterocycles. The molecule has 3 nitrogen and oxygen atoms in total. The second-order valence-corrected chi connectivity index (χ2v) is 4.74. The largest absolute Gasteiger partial charge is 0.397 e. The van der Waals surface area contributed by atoms with Crippen molar-refractivity contribution in [1.82, 2.24) is 0 Å². The van der Waals surface area contributed by atoms with Gasteiger partial charge in [0.05, 0.1) is 11.4 Å². The number of rotatable bonds is 7. The summed E-state index contributed by atoms with van der Waals surface area (Å²) >= 11 is 0. The molecule has 1 unspecified atom stereocenters. The molecule has 5 N–H and O–H groups in total. The van der Waals surface area contributed by atoms with Crippen molar-refractivity contribution in [2.24, 2.45) is 0 Å². The maximum Gasteiger partial charge on any atom is 0.0568 e. The second kappa shape index (κ2) is 7.05. The van der Waals surface area contributed by atoms with Gasteiger partial charge in [0.2, 0.25) is 0 Å². The Morgan fingerprint density at radius 3 is 2.53 bits per heavy atom. The fourth-order valence-electron chi connectivity index (χ4n) is 1.90. The van der Waals surface area contributed by atoms with Gasteiger partial charge in [-0.25, -0.2) is 0 Å². The first kappa shape index (κ1) is 13.7. The quantitative estimate of drug-likeness (QED) is 0.499. The van der Waals surface area contributed by atoms with Gasteiger partial charge in [0.25, 0.3) is 0 Å². The van der Waals surface area contributed by atoms with Crippen molar-refractivity contribution < 1.29 is 0 Å². The third-order valence-electron chi connectivity index (χ3n) is 2.99. The fourth-order valence-corrected chi connectivity index (χ4v) is 1.90. The molecule has 1 rings (SSSR count). The number of nitrogen functional groups attached to an aromatic ring is 2. The first-order valence-electron chi connectivity index (χ1n) is 6.55. The molecule has 0 saturated heterocycles. The van der Waals surface area contributed by atoms with E-state index in [2.05, 4.69) is 19.2 Å². The summed E-state index contributed by atoms with van der Waals surface area (Å²) in [6, 6.07) is 6.21. The zero-order chi connectivity index (χ0) is 12.7. The van der Waals surface area contributed by atoms with Gasteiger partial charge in [0.1, 0.15) is 0 Å². The lowest BCUT2D eigenvalue weighted by atomic mass is 10.1. The zero-order valence-electron chi connectivity index (χ0n) is 11.0. The van der Waals surface area contributed by atoms with Crippen molar-refractivity contribution >= 4 is 17.1 Å². The molecular weight excluding hydrogens is 210 g/mol. The van der Waals surface area contributed by atoms with E-state index in [9.17, 15) is 0 Å². The van der Waals surface area contributed by atoms with Crippen LogP contribution in [0.2, 0.25) is 0 Å². The Labute approximate surface area is 105 Å². The van der Waals surface area contributed by atoms with E-state index in [0.717, 1.165) is 5.69 Å². The molecule has 0 aliphatic rings. The highest BCUT2D eigenvalue weighted by Gasteiger charge is 2.03. The molecule has 0 aliphatic heterocycles. The molecule has 3 heteroatoms. The standard InChI is InChI=1S/C14H25N3/c1-3-4-5-6-7-11(2)17-12-8-9-13(15)14(16)10-12/h8-11,17H,3-7,15-16H2,1-2H3. The van der Waals surface area contributed by atoms with E-state index in [4.69, 9.17) is 11.5 Å². The molecule has 1 atom stereocenters. The van der Waals surface area contributed by atoms with Gasteiger partial charge in [0, 0.05) is 11.7 Å². The minimum atomic E-state index is 0.481. The maximum atomic E-state index is 5.77. The Morgan fingerprint density at radius 1 is 1.12 bits per heavy atom. The van der Waals surface area contributed by atoms with Crippen molar-refractivity contribution in [2.75, 3.05) is 16.8 Å². The van der Waals surface area contributed by atoms with E-state index < -0.39 is 0 Å². The monoisotopic (exact) mass is 235 g/mol. The van der Waals surface area contributed by atoms with Gasteiger partial charge in [-0.2, -0.15) is 0 Å². The molecule has 0 bridgehead atoms. The lowest BCUT2D eigenvalue weighted by Crippen LogP contribution is -2.15. The van der Waals surface area contributed by atoms with Crippen molar-refractivity contribution in [1.29, 1.82) is 0 Å². The maximum absolute atomic E-state index is 5.77. The minimum absolute atomic E-state index is 0.481. The van der Waals surface area contributed by atoms with E-state index >= 15 is 0 Å². The second-order valence-electron chi connectivity index (χ2n) is 4.74. The first-order chi connectivity index (χ1) is 8.13. The normalized spacial score (nSPS) is 12.4. The highest BCUT2D eigenvalue weighted by Crippen LogP contribution is 2.20. The number of nitrogens with two attached hydrogens (primary N) is 2. The molecule has 0 spiro atoms. The van der Waals surface area contributed by atoms with Gasteiger partial charge >= 0.3 is 0 Å². The number of hydrogen-bond acceptors (Lipinski definition) is 3. The van der Waals surface area contributed by atoms with Gasteiger partial charge in [0.15, 0.2) is 0 Å². The molecule has 1 aromatic carbocycles. The Morgan fingerprint density at radius 2 is 1.88 bits per heavy atom. The van der Waals surface area contributed by atoms with Crippen molar-refractivity contribution in [3.63, 3.8) is 0 Å². The summed E-state index contributed by atoms with van der Waals surface area (Å²) in [6.07, 6.45) is 6.43.